The Bertz CT molecular complexity index is 640. The van der Waals surface area contributed by atoms with Gasteiger partial charge in [0.15, 0.2) is 0 Å². The van der Waals surface area contributed by atoms with Crippen LogP contribution < -0.4 is 10.1 Å². The molecule has 1 N–H and O–H groups in total. The lowest BCUT2D eigenvalue weighted by Crippen LogP contribution is -2.38. The number of nitrogens with zero attached hydrogens (tertiary/aromatic N) is 1. The highest BCUT2D eigenvalue weighted by atomic mass is 16.5. The zero-order valence-corrected chi connectivity index (χ0v) is 12.9. The van der Waals surface area contributed by atoms with E-state index in [0.29, 0.717) is 19.0 Å². The number of amides is 1. The number of aromatic nitrogens is 1. The van der Waals surface area contributed by atoms with Crippen molar-refractivity contribution in [1.29, 1.82) is 0 Å². The molecule has 5 nitrogen and oxygen atoms in total. The first-order valence-electron chi connectivity index (χ1n) is 7.89. The molecule has 1 unspecified atom stereocenters. The molecular formula is C18H20N2O3. The SMILES string of the molecule is O=C(NCc1cccnc1Oc1ccccc1)C1CCCCO1. The fourth-order valence-electron chi connectivity index (χ4n) is 2.49. The Hall–Kier alpha value is -2.40. The molecule has 1 aromatic heterocycles. The van der Waals surface area contributed by atoms with E-state index in [4.69, 9.17) is 9.47 Å². The third kappa shape index (κ3) is 4.29. The molecule has 1 amide bonds. The predicted molar refractivity (Wildman–Crippen MR) is 86.2 cm³/mol. The summed E-state index contributed by atoms with van der Waals surface area (Å²) in [6.07, 6.45) is 4.19. The van der Waals surface area contributed by atoms with Gasteiger partial charge in [-0.3, -0.25) is 4.79 Å². The molecule has 1 saturated heterocycles. The number of nitrogens with one attached hydrogen (secondary N) is 1. The highest BCUT2D eigenvalue weighted by Gasteiger charge is 2.21. The lowest BCUT2D eigenvalue weighted by Gasteiger charge is -2.21. The zero-order chi connectivity index (χ0) is 15.9. The van der Waals surface area contributed by atoms with Gasteiger partial charge in [-0.05, 0) is 37.5 Å². The van der Waals surface area contributed by atoms with Crippen molar-refractivity contribution in [2.75, 3.05) is 6.61 Å². The quantitative estimate of drug-likeness (QED) is 0.922. The molecule has 0 spiro atoms. The summed E-state index contributed by atoms with van der Waals surface area (Å²) >= 11 is 0. The van der Waals surface area contributed by atoms with Crippen molar-refractivity contribution < 1.29 is 14.3 Å². The summed E-state index contributed by atoms with van der Waals surface area (Å²) in [6.45, 7) is 1.03. The lowest BCUT2D eigenvalue weighted by atomic mass is 10.1. The lowest BCUT2D eigenvalue weighted by molar-refractivity contribution is -0.135. The smallest absolute Gasteiger partial charge is 0.249 e. The van der Waals surface area contributed by atoms with Crippen LogP contribution in [0.4, 0.5) is 0 Å². The van der Waals surface area contributed by atoms with Gasteiger partial charge in [-0.15, -0.1) is 0 Å². The van der Waals surface area contributed by atoms with Crippen molar-refractivity contribution in [1.82, 2.24) is 10.3 Å². The van der Waals surface area contributed by atoms with Crippen molar-refractivity contribution in [3.8, 4) is 11.6 Å². The van der Waals surface area contributed by atoms with E-state index in [0.717, 1.165) is 30.6 Å². The number of carbonyl (C=O) groups is 1. The number of hydrogen-bond acceptors (Lipinski definition) is 4. The van der Waals surface area contributed by atoms with E-state index in [-0.39, 0.29) is 12.0 Å². The number of rotatable bonds is 5. The summed E-state index contributed by atoms with van der Waals surface area (Å²) in [4.78, 5) is 16.4. The molecule has 1 atom stereocenters. The normalized spacial score (nSPS) is 17.5. The van der Waals surface area contributed by atoms with E-state index < -0.39 is 0 Å². The van der Waals surface area contributed by atoms with Crippen molar-refractivity contribution in [3.63, 3.8) is 0 Å². The second kappa shape index (κ2) is 7.74. The summed E-state index contributed by atoms with van der Waals surface area (Å²) in [5.41, 5.74) is 0.834. The van der Waals surface area contributed by atoms with E-state index in [2.05, 4.69) is 10.3 Å². The van der Waals surface area contributed by atoms with Gasteiger partial charge in [0.25, 0.3) is 0 Å². The van der Waals surface area contributed by atoms with Gasteiger partial charge in [0.1, 0.15) is 11.9 Å². The summed E-state index contributed by atoms with van der Waals surface area (Å²) in [5.74, 6) is 1.15. The predicted octanol–water partition coefficient (Wildman–Crippen LogP) is 3.06. The number of para-hydroxylation sites is 1. The van der Waals surface area contributed by atoms with Gasteiger partial charge in [-0.2, -0.15) is 0 Å². The monoisotopic (exact) mass is 312 g/mol. The molecule has 0 saturated carbocycles. The number of benzene rings is 1. The average molecular weight is 312 g/mol. The average Bonchev–Trinajstić information content (AvgIpc) is 2.62. The van der Waals surface area contributed by atoms with Gasteiger partial charge in [0.05, 0.1) is 0 Å². The molecule has 1 aliphatic heterocycles. The Morgan fingerprint density at radius 2 is 2.09 bits per heavy atom. The number of ether oxygens (including phenoxy) is 2. The molecule has 5 heteroatoms. The van der Waals surface area contributed by atoms with E-state index in [9.17, 15) is 4.79 Å². The maximum atomic E-state index is 12.1. The van der Waals surface area contributed by atoms with Gasteiger partial charge in [0, 0.05) is 24.9 Å². The molecule has 0 radical (unpaired) electrons. The number of pyridine rings is 1. The van der Waals surface area contributed by atoms with E-state index in [1.165, 1.54) is 0 Å². The zero-order valence-electron chi connectivity index (χ0n) is 12.9. The largest absolute Gasteiger partial charge is 0.439 e. The van der Waals surface area contributed by atoms with Gasteiger partial charge < -0.3 is 14.8 Å². The van der Waals surface area contributed by atoms with Crippen LogP contribution in [0.25, 0.3) is 0 Å². The number of hydrogen-bond donors (Lipinski definition) is 1. The summed E-state index contributed by atoms with van der Waals surface area (Å²) in [6, 6.07) is 13.2. The van der Waals surface area contributed by atoms with Crippen LogP contribution >= 0.6 is 0 Å². The maximum absolute atomic E-state index is 12.1. The minimum absolute atomic E-state index is 0.0702. The summed E-state index contributed by atoms with van der Waals surface area (Å²) in [7, 11) is 0. The Kier molecular flexibility index (Phi) is 5.21. The molecule has 3 rings (SSSR count). The molecule has 120 valence electrons. The van der Waals surface area contributed by atoms with E-state index in [1.807, 2.05) is 42.5 Å². The Morgan fingerprint density at radius 3 is 2.87 bits per heavy atom. The van der Waals surface area contributed by atoms with E-state index >= 15 is 0 Å². The van der Waals surface area contributed by atoms with Crippen LogP contribution in [0.3, 0.4) is 0 Å². The third-order valence-electron chi connectivity index (χ3n) is 3.73. The van der Waals surface area contributed by atoms with Crippen LogP contribution in [-0.4, -0.2) is 23.6 Å². The second-order valence-electron chi connectivity index (χ2n) is 5.46. The van der Waals surface area contributed by atoms with Crippen LogP contribution in [0, 0.1) is 0 Å². The van der Waals surface area contributed by atoms with Crippen molar-refractivity contribution >= 4 is 5.91 Å². The first-order chi connectivity index (χ1) is 11.3. The highest BCUT2D eigenvalue weighted by molar-refractivity contribution is 5.80. The minimum atomic E-state index is -0.334. The third-order valence-corrected chi connectivity index (χ3v) is 3.73. The van der Waals surface area contributed by atoms with Crippen molar-refractivity contribution in [2.24, 2.45) is 0 Å². The Morgan fingerprint density at radius 1 is 1.22 bits per heavy atom. The molecule has 1 fully saturated rings. The Labute approximate surface area is 135 Å². The first kappa shape index (κ1) is 15.5. The topological polar surface area (TPSA) is 60.5 Å². The molecule has 23 heavy (non-hydrogen) atoms. The van der Waals surface area contributed by atoms with Gasteiger partial charge >= 0.3 is 0 Å². The van der Waals surface area contributed by atoms with Crippen LogP contribution in [-0.2, 0) is 16.1 Å². The number of carbonyl (C=O) groups excluding carboxylic acids is 1. The standard InChI is InChI=1S/C18H20N2O3/c21-17(16-10-4-5-12-22-16)20-13-14-7-6-11-19-18(14)23-15-8-2-1-3-9-15/h1-3,6-9,11,16H,4-5,10,12-13H2,(H,20,21). The molecule has 0 aliphatic carbocycles. The molecule has 2 heterocycles. The van der Waals surface area contributed by atoms with Crippen LogP contribution in [0.1, 0.15) is 24.8 Å². The molecule has 1 aromatic carbocycles. The first-order valence-corrected chi connectivity index (χ1v) is 7.89. The molecule has 0 bridgehead atoms. The maximum Gasteiger partial charge on any atom is 0.249 e. The van der Waals surface area contributed by atoms with E-state index in [1.54, 1.807) is 6.20 Å². The summed E-state index contributed by atoms with van der Waals surface area (Å²) in [5, 5.41) is 2.91. The molecular weight excluding hydrogens is 292 g/mol. The fourth-order valence-corrected chi connectivity index (χ4v) is 2.49. The minimum Gasteiger partial charge on any atom is -0.439 e. The van der Waals surface area contributed by atoms with Crippen molar-refractivity contribution in [2.45, 2.75) is 31.9 Å². The summed E-state index contributed by atoms with van der Waals surface area (Å²) < 4.78 is 11.3. The second-order valence-corrected chi connectivity index (χ2v) is 5.46. The van der Waals surface area contributed by atoms with Gasteiger partial charge in [-0.25, -0.2) is 4.98 Å². The fraction of sp³-hybridized carbons (Fsp3) is 0.333. The van der Waals surface area contributed by atoms with Crippen LogP contribution in [0.2, 0.25) is 0 Å². The van der Waals surface area contributed by atoms with Gasteiger partial charge in [-0.1, -0.05) is 24.3 Å². The highest BCUT2D eigenvalue weighted by Crippen LogP contribution is 2.22. The van der Waals surface area contributed by atoms with Gasteiger partial charge in [0.2, 0.25) is 11.8 Å². The van der Waals surface area contributed by atoms with Crippen LogP contribution in [0.5, 0.6) is 11.6 Å². The molecule has 2 aromatic rings. The Balaban J connectivity index is 1.62. The van der Waals surface area contributed by atoms with Crippen LogP contribution in [0.15, 0.2) is 48.7 Å². The van der Waals surface area contributed by atoms with Crippen molar-refractivity contribution in [3.05, 3.63) is 54.2 Å². The molecule has 1 aliphatic rings.